The molecule has 1 aromatic carbocycles. The molecule has 3 heteroatoms. The molecule has 1 aliphatic rings. The molecule has 1 saturated heterocycles. The van der Waals surface area contributed by atoms with E-state index in [0.29, 0.717) is 11.3 Å². The minimum Gasteiger partial charge on any atom is -0.312 e. The molecule has 1 nitrogen and oxygen atoms in total. The monoisotopic (exact) mass is 295 g/mol. The summed E-state index contributed by atoms with van der Waals surface area (Å²) >= 11 is 4.25. The normalized spacial score (nSPS) is 25.3. The highest BCUT2D eigenvalue weighted by Crippen LogP contribution is 2.39. The Hall–Kier alpha value is -0.120. The summed E-state index contributed by atoms with van der Waals surface area (Å²) in [5.41, 5.74) is 5.71. The van der Waals surface area contributed by atoms with Crippen LogP contribution in [0.3, 0.4) is 0 Å². The van der Waals surface area contributed by atoms with Crippen molar-refractivity contribution in [2.24, 2.45) is 0 Å². The van der Waals surface area contributed by atoms with Crippen molar-refractivity contribution in [3.05, 3.63) is 34.4 Å². The van der Waals surface area contributed by atoms with E-state index in [2.05, 4.69) is 75.7 Å². The van der Waals surface area contributed by atoms with E-state index >= 15 is 0 Å². The fourth-order valence-electron chi connectivity index (χ4n) is 2.83. The first-order valence-electron chi connectivity index (χ1n) is 7.02. The number of thioether (sulfide) groups is 2. The van der Waals surface area contributed by atoms with Gasteiger partial charge in [-0.1, -0.05) is 19.1 Å². The van der Waals surface area contributed by atoms with Crippen molar-refractivity contribution in [1.29, 1.82) is 0 Å². The molecule has 1 heterocycles. The van der Waals surface area contributed by atoms with Gasteiger partial charge in [0.15, 0.2) is 0 Å². The number of aryl methyl sites for hydroxylation is 3. The Kier molecular flexibility index (Phi) is 5.27. The highest BCUT2D eigenvalue weighted by molar-refractivity contribution is 8.07. The zero-order valence-corrected chi connectivity index (χ0v) is 14.3. The van der Waals surface area contributed by atoms with E-state index in [1.54, 1.807) is 0 Å². The molecule has 3 unspecified atom stereocenters. The topological polar surface area (TPSA) is 12.0 Å². The Bertz CT molecular complexity index is 445. The molecule has 1 aromatic rings. The van der Waals surface area contributed by atoms with Crippen LogP contribution in [0.4, 0.5) is 0 Å². The molecule has 3 atom stereocenters. The molecule has 1 aliphatic heterocycles. The standard InChI is InChI=1S/C16H25NS2/c1-10-8-12(3)14(9-11(10)2)15(17-5)16-13(4)18-6-7-19-16/h8-9,13,15-17H,6-7H2,1-5H3. The van der Waals surface area contributed by atoms with Crippen molar-refractivity contribution in [3.63, 3.8) is 0 Å². The molecular formula is C16H25NS2. The average molecular weight is 296 g/mol. The Balaban J connectivity index is 2.33. The van der Waals surface area contributed by atoms with Gasteiger partial charge in [-0.3, -0.25) is 0 Å². The molecule has 106 valence electrons. The van der Waals surface area contributed by atoms with Crippen LogP contribution < -0.4 is 5.32 Å². The number of benzene rings is 1. The van der Waals surface area contributed by atoms with Gasteiger partial charge < -0.3 is 5.32 Å². The minimum atomic E-state index is 0.465. The lowest BCUT2D eigenvalue weighted by atomic mass is 9.93. The molecule has 0 bridgehead atoms. The predicted molar refractivity (Wildman–Crippen MR) is 90.6 cm³/mol. The Labute approximate surface area is 126 Å². The number of hydrogen-bond acceptors (Lipinski definition) is 3. The van der Waals surface area contributed by atoms with E-state index in [1.165, 1.54) is 33.8 Å². The van der Waals surface area contributed by atoms with Crippen LogP contribution in [0.5, 0.6) is 0 Å². The summed E-state index contributed by atoms with van der Waals surface area (Å²) in [7, 11) is 2.10. The van der Waals surface area contributed by atoms with Gasteiger partial charge in [0, 0.05) is 28.0 Å². The lowest BCUT2D eigenvalue weighted by molar-refractivity contribution is 0.557. The summed E-state index contributed by atoms with van der Waals surface area (Å²) in [4.78, 5) is 0. The van der Waals surface area contributed by atoms with Crippen LogP contribution in [0.25, 0.3) is 0 Å². The largest absolute Gasteiger partial charge is 0.312 e. The molecule has 1 N–H and O–H groups in total. The van der Waals surface area contributed by atoms with Gasteiger partial charge in [-0.2, -0.15) is 23.5 Å². The first-order chi connectivity index (χ1) is 9.04. The van der Waals surface area contributed by atoms with Gasteiger partial charge >= 0.3 is 0 Å². The van der Waals surface area contributed by atoms with E-state index in [-0.39, 0.29) is 0 Å². The summed E-state index contributed by atoms with van der Waals surface area (Å²) in [6.07, 6.45) is 0. The predicted octanol–water partition coefficient (Wildman–Crippen LogP) is 4.11. The zero-order chi connectivity index (χ0) is 14.0. The van der Waals surface area contributed by atoms with Gasteiger partial charge in [0.05, 0.1) is 0 Å². The summed E-state index contributed by atoms with van der Waals surface area (Å²) in [5.74, 6) is 2.58. The lowest BCUT2D eigenvalue weighted by Crippen LogP contribution is -2.36. The fraction of sp³-hybridized carbons (Fsp3) is 0.625. The maximum Gasteiger partial charge on any atom is 0.0451 e. The molecule has 1 fully saturated rings. The molecule has 0 spiro atoms. The first kappa shape index (κ1) is 15.3. The van der Waals surface area contributed by atoms with Crippen molar-refractivity contribution >= 4 is 23.5 Å². The highest BCUT2D eigenvalue weighted by atomic mass is 32.2. The minimum absolute atomic E-state index is 0.465. The van der Waals surface area contributed by atoms with Crippen LogP contribution in [0, 0.1) is 20.8 Å². The number of hydrogen-bond donors (Lipinski definition) is 1. The fourth-order valence-corrected chi connectivity index (χ4v) is 5.81. The van der Waals surface area contributed by atoms with E-state index < -0.39 is 0 Å². The highest BCUT2D eigenvalue weighted by Gasteiger charge is 2.31. The van der Waals surface area contributed by atoms with Gasteiger partial charge in [-0.05, 0) is 50.1 Å². The summed E-state index contributed by atoms with van der Waals surface area (Å²) in [6, 6.07) is 5.19. The van der Waals surface area contributed by atoms with E-state index in [9.17, 15) is 0 Å². The second-order valence-electron chi connectivity index (χ2n) is 5.47. The first-order valence-corrected chi connectivity index (χ1v) is 9.12. The molecular weight excluding hydrogens is 270 g/mol. The maximum absolute atomic E-state index is 3.57. The number of rotatable bonds is 3. The molecule has 2 rings (SSSR count). The second kappa shape index (κ2) is 6.55. The molecule has 0 amide bonds. The van der Waals surface area contributed by atoms with Crippen LogP contribution in [0.1, 0.15) is 35.2 Å². The van der Waals surface area contributed by atoms with Crippen molar-refractivity contribution in [2.45, 2.75) is 44.2 Å². The Morgan fingerprint density at radius 2 is 1.68 bits per heavy atom. The van der Waals surface area contributed by atoms with Crippen LogP contribution in [0.15, 0.2) is 12.1 Å². The van der Waals surface area contributed by atoms with Gasteiger partial charge in [-0.25, -0.2) is 0 Å². The summed E-state index contributed by atoms with van der Waals surface area (Å²) < 4.78 is 0. The SMILES string of the molecule is CNC(c1cc(C)c(C)cc1C)C1SCCSC1C. The van der Waals surface area contributed by atoms with Gasteiger partial charge in [0.2, 0.25) is 0 Å². The van der Waals surface area contributed by atoms with Gasteiger partial charge in [-0.15, -0.1) is 0 Å². The van der Waals surface area contributed by atoms with E-state index in [1.807, 2.05) is 0 Å². The smallest absolute Gasteiger partial charge is 0.0451 e. The molecule has 0 saturated carbocycles. The van der Waals surface area contributed by atoms with Crippen LogP contribution in [-0.2, 0) is 0 Å². The third kappa shape index (κ3) is 3.32. The molecule has 19 heavy (non-hydrogen) atoms. The summed E-state index contributed by atoms with van der Waals surface area (Å²) in [5, 5.41) is 4.96. The molecule has 0 radical (unpaired) electrons. The Morgan fingerprint density at radius 1 is 1.05 bits per heavy atom. The third-order valence-electron chi connectivity index (χ3n) is 4.09. The zero-order valence-electron chi connectivity index (χ0n) is 12.6. The maximum atomic E-state index is 3.57. The van der Waals surface area contributed by atoms with Crippen molar-refractivity contribution in [1.82, 2.24) is 5.32 Å². The van der Waals surface area contributed by atoms with Crippen LogP contribution in [-0.4, -0.2) is 29.1 Å². The van der Waals surface area contributed by atoms with Crippen molar-refractivity contribution < 1.29 is 0 Å². The van der Waals surface area contributed by atoms with Gasteiger partial charge in [0.25, 0.3) is 0 Å². The Morgan fingerprint density at radius 3 is 2.32 bits per heavy atom. The third-order valence-corrected chi connectivity index (χ3v) is 7.29. The van der Waals surface area contributed by atoms with E-state index in [0.717, 1.165) is 5.25 Å². The average Bonchev–Trinajstić information content (AvgIpc) is 2.38. The van der Waals surface area contributed by atoms with E-state index in [4.69, 9.17) is 0 Å². The lowest BCUT2D eigenvalue weighted by Gasteiger charge is -2.35. The summed E-state index contributed by atoms with van der Waals surface area (Å²) in [6.45, 7) is 9.05. The van der Waals surface area contributed by atoms with Crippen molar-refractivity contribution in [3.8, 4) is 0 Å². The molecule has 0 aromatic heterocycles. The number of nitrogens with one attached hydrogen (secondary N) is 1. The van der Waals surface area contributed by atoms with Gasteiger partial charge in [0.1, 0.15) is 0 Å². The van der Waals surface area contributed by atoms with Crippen molar-refractivity contribution in [2.75, 3.05) is 18.6 Å². The molecule has 0 aliphatic carbocycles. The van der Waals surface area contributed by atoms with Crippen LogP contribution in [0.2, 0.25) is 0 Å². The second-order valence-corrected chi connectivity index (χ2v) is 8.24. The van der Waals surface area contributed by atoms with Crippen LogP contribution >= 0.6 is 23.5 Å². The quantitative estimate of drug-likeness (QED) is 0.901.